The molecule has 0 aliphatic heterocycles. The summed E-state index contributed by atoms with van der Waals surface area (Å²) in [5.41, 5.74) is -0.539. The number of hydrogen-bond acceptors (Lipinski definition) is 3. The van der Waals surface area contributed by atoms with Gasteiger partial charge in [-0.25, -0.2) is 0 Å². The Morgan fingerprint density at radius 2 is 1.50 bits per heavy atom. The standard InChI is InChI=1S/C19H40O3Si2/c1-17(2,3)24(10,11)21-15-12-18(4,5)16(14-20)19(6,13-15)22-23(7,8)9/h14-16H,12-13H2,1-11H3/t15-,16-,19+/m1/s1. The molecule has 0 unspecified atom stereocenters. The van der Waals surface area contributed by atoms with Crippen LogP contribution in [0.15, 0.2) is 0 Å². The monoisotopic (exact) mass is 372 g/mol. The van der Waals surface area contributed by atoms with Crippen LogP contribution in [0.25, 0.3) is 0 Å². The first kappa shape index (κ1) is 22.1. The van der Waals surface area contributed by atoms with Gasteiger partial charge in [0.05, 0.1) is 5.60 Å². The zero-order valence-corrected chi connectivity index (χ0v) is 19.9. The molecule has 0 N–H and O–H groups in total. The van der Waals surface area contributed by atoms with Crippen molar-refractivity contribution >= 4 is 22.9 Å². The molecule has 142 valence electrons. The molecule has 0 heterocycles. The Balaban J connectivity index is 3.15. The number of carbonyl (C=O) groups excluding carboxylic acids is 1. The van der Waals surface area contributed by atoms with Crippen LogP contribution in [-0.2, 0) is 13.6 Å². The highest BCUT2D eigenvalue weighted by Crippen LogP contribution is 2.50. The molecule has 1 aliphatic rings. The Kier molecular flexibility index (Phi) is 6.10. The second kappa shape index (κ2) is 6.64. The zero-order valence-electron chi connectivity index (χ0n) is 17.9. The SMILES string of the molecule is CC1(C)C[C@@H](O[Si](C)(C)C(C)(C)C)C[C@](C)(O[Si](C)(C)C)[C@@H]1C=O. The number of rotatable bonds is 5. The third-order valence-corrected chi connectivity index (χ3v) is 11.4. The Bertz CT molecular complexity index is 460. The summed E-state index contributed by atoms with van der Waals surface area (Å²) >= 11 is 0. The van der Waals surface area contributed by atoms with E-state index in [-0.39, 0.29) is 22.5 Å². The molecular weight excluding hydrogens is 332 g/mol. The second-order valence-corrected chi connectivity index (χ2v) is 20.2. The smallest absolute Gasteiger partial charge is 0.192 e. The summed E-state index contributed by atoms with van der Waals surface area (Å²) < 4.78 is 13.3. The van der Waals surface area contributed by atoms with Gasteiger partial charge in [0.15, 0.2) is 16.6 Å². The normalized spacial score (nSPS) is 31.8. The molecule has 24 heavy (non-hydrogen) atoms. The average Bonchev–Trinajstić information content (AvgIpc) is 2.20. The second-order valence-electron chi connectivity index (χ2n) is 11.0. The van der Waals surface area contributed by atoms with Crippen molar-refractivity contribution in [1.82, 2.24) is 0 Å². The van der Waals surface area contributed by atoms with Crippen molar-refractivity contribution in [1.29, 1.82) is 0 Å². The number of carbonyl (C=O) groups is 1. The van der Waals surface area contributed by atoms with Crippen molar-refractivity contribution in [3.05, 3.63) is 0 Å². The van der Waals surface area contributed by atoms with Gasteiger partial charge in [-0.05, 0) is 56.5 Å². The van der Waals surface area contributed by atoms with E-state index in [4.69, 9.17) is 8.85 Å². The molecule has 1 fully saturated rings. The van der Waals surface area contributed by atoms with Gasteiger partial charge in [-0.2, -0.15) is 0 Å². The lowest BCUT2D eigenvalue weighted by atomic mass is 9.61. The van der Waals surface area contributed by atoms with Gasteiger partial charge in [-0.15, -0.1) is 0 Å². The molecule has 0 aromatic rings. The van der Waals surface area contributed by atoms with Crippen molar-refractivity contribution < 1.29 is 13.6 Å². The van der Waals surface area contributed by atoms with Crippen LogP contribution >= 0.6 is 0 Å². The highest BCUT2D eigenvalue weighted by Gasteiger charge is 2.53. The first-order valence-electron chi connectivity index (χ1n) is 9.27. The first-order chi connectivity index (χ1) is 10.4. The summed E-state index contributed by atoms with van der Waals surface area (Å²) in [5.74, 6) is -0.0870. The van der Waals surface area contributed by atoms with Crippen LogP contribution in [-0.4, -0.2) is 34.6 Å². The van der Waals surface area contributed by atoms with Crippen LogP contribution in [0.5, 0.6) is 0 Å². The van der Waals surface area contributed by atoms with E-state index in [0.717, 1.165) is 19.1 Å². The highest BCUT2D eigenvalue weighted by atomic mass is 28.4. The Hall–Kier alpha value is 0.0238. The lowest BCUT2D eigenvalue weighted by Crippen LogP contribution is -2.59. The van der Waals surface area contributed by atoms with Crippen molar-refractivity contribution in [2.45, 2.75) is 104 Å². The molecule has 0 spiro atoms. The van der Waals surface area contributed by atoms with Crippen LogP contribution in [0.1, 0.15) is 54.4 Å². The maximum absolute atomic E-state index is 11.9. The maximum atomic E-state index is 11.9. The summed E-state index contributed by atoms with van der Waals surface area (Å²) in [6, 6.07) is 0. The van der Waals surface area contributed by atoms with E-state index >= 15 is 0 Å². The molecule has 1 saturated carbocycles. The molecule has 0 amide bonds. The van der Waals surface area contributed by atoms with Crippen LogP contribution in [0.3, 0.4) is 0 Å². The molecule has 0 saturated heterocycles. The first-order valence-corrected chi connectivity index (χ1v) is 15.6. The van der Waals surface area contributed by atoms with Gasteiger partial charge >= 0.3 is 0 Å². The maximum Gasteiger partial charge on any atom is 0.192 e. The Morgan fingerprint density at radius 3 is 1.88 bits per heavy atom. The van der Waals surface area contributed by atoms with E-state index in [0.29, 0.717) is 0 Å². The minimum atomic E-state index is -1.84. The van der Waals surface area contributed by atoms with Gasteiger partial charge < -0.3 is 13.6 Å². The largest absolute Gasteiger partial charge is 0.414 e. The average molecular weight is 373 g/mol. The molecule has 1 rings (SSSR count). The highest BCUT2D eigenvalue weighted by molar-refractivity contribution is 6.74. The van der Waals surface area contributed by atoms with E-state index in [1.54, 1.807) is 0 Å². The van der Waals surface area contributed by atoms with Crippen molar-refractivity contribution in [2.75, 3.05) is 0 Å². The zero-order chi connectivity index (χ0) is 19.2. The van der Waals surface area contributed by atoms with Gasteiger partial charge in [0.2, 0.25) is 0 Å². The van der Waals surface area contributed by atoms with Crippen molar-refractivity contribution in [2.24, 2.45) is 11.3 Å². The van der Waals surface area contributed by atoms with Crippen molar-refractivity contribution in [3.8, 4) is 0 Å². The molecular formula is C19H40O3Si2. The quantitative estimate of drug-likeness (QED) is 0.464. The molecule has 1 aliphatic carbocycles. The fourth-order valence-electron chi connectivity index (χ4n) is 4.00. The van der Waals surface area contributed by atoms with E-state index < -0.39 is 22.2 Å². The minimum absolute atomic E-state index is 0.0870. The number of aldehydes is 1. The van der Waals surface area contributed by atoms with E-state index in [2.05, 4.69) is 74.3 Å². The molecule has 0 aromatic carbocycles. The topological polar surface area (TPSA) is 35.5 Å². The molecule has 5 heteroatoms. The predicted molar refractivity (Wildman–Crippen MR) is 107 cm³/mol. The van der Waals surface area contributed by atoms with Crippen LogP contribution < -0.4 is 0 Å². The molecule has 0 bridgehead atoms. The predicted octanol–water partition coefficient (Wildman–Crippen LogP) is 5.62. The van der Waals surface area contributed by atoms with Crippen LogP contribution in [0.4, 0.5) is 0 Å². The fraction of sp³-hybridized carbons (Fsp3) is 0.947. The summed E-state index contributed by atoms with van der Waals surface area (Å²) in [5, 5.41) is 0.189. The van der Waals surface area contributed by atoms with Crippen LogP contribution in [0.2, 0.25) is 37.8 Å². The molecule has 0 radical (unpaired) electrons. The lowest BCUT2D eigenvalue weighted by molar-refractivity contribution is -0.141. The molecule has 0 aromatic heterocycles. The van der Waals surface area contributed by atoms with Gasteiger partial charge in [-0.3, -0.25) is 0 Å². The molecule has 3 atom stereocenters. The Labute approximate surface area is 152 Å². The summed E-state index contributed by atoms with van der Waals surface area (Å²) in [6.45, 7) is 24.6. The number of hydrogen-bond donors (Lipinski definition) is 0. The van der Waals surface area contributed by atoms with E-state index in [9.17, 15) is 4.79 Å². The summed E-state index contributed by atoms with van der Waals surface area (Å²) in [4.78, 5) is 11.9. The minimum Gasteiger partial charge on any atom is -0.414 e. The third kappa shape index (κ3) is 5.02. The van der Waals surface area contributed by atoms with E-state index in [1.807, 2.05) is 0 Å². The third-order valence-electron chi connectivity index (χ3n) is 5.83. The lowest BCUT2D eigenvalue weighted by Gasteiger charge is -2.54. The summed E-state index contributed by atoms with van der Waals surface area (Å²) in [6.07, 6.45) is 3.03. The Morgan fingerprint density at radius 1 is 1.00 bits per heavy atom. The van der Waals surface area contributed by atoms with Crippen LogP contribution in [0, 0.1) is 11.3 Å². The van der Waals surface area contributed by atoms with Gasteiger partial charge in [0, 0.05) is 18.4 Å². The summed E-state index contributed by atoms with van der Waals surface area (Å²) in [7, 11) is -3.61. The van der Waals surface area contributed by atoms with E-state index in [1.165, 1.54) is 0 Å². The van der Waals surface area contributed by atoms with Gasteiger partial charge in [0.1, 0.15) is 6.29 Å². The molecule has 3 nitrogen and oxygen atoms in total. The van der Waals surface area contributed by atoms with Gasteiger partial charge in [-0.1, -0.05) is 34.6 Å². The fourth-order valence-corrected chi connectivity index (χ4v) is 6.96. The van der Waals surface area contributed by atoms with Crippen molar-refractivity contribution in [3.63, 3.8) is 0 Å². The van der Waals surface area contributed by atoms with Gasteiger partial charge in [0.25, 0.3) is 0 Å².